The lowest BCUT2D eigenvalue weighted by atomic mass is 9.77. The van der Waals surface area contributed by atoms with Crippen molar-refractivity contribution >= 4 is 5.91 Å². The molecule has 0 radical (unpaired) electrons. The quantitative estimate of drug-likeness (QED) is 0.793. The van der Waals surface area contributed by atoms with E-state index < -0.39 is 11.8 Å². The van der Waals surface area contributed by atoms with Gasteiger partial charge in [-0.1, -0.05) is 13.8 Å². The summed E-state index contributed by atoms with van der Waals surface area (Å²) in [5, 5.41) is 13.2. The molecule has 1 unspecified atom stereocenters. The van der Waals surface area contributed by atoms with Crippen molar-refractivity contribution in [3.05, 3.63) is 16.4 Å². The molecule has 108 valence electrons. The average Bonchev–Trinajstić information content (AvgIpc) is 2.66. The van der Waals surface area contributed by atoms with Crippen molar-refractivity contribution in [2.45, 2.75) is 46.2 Å². The molecule has 0 N–H and O–H groups in total. The van der Waals surface area contributed by atoms with Crippen molar-refractivity contribution < 1.29 is 9.21 Å². The molecule has 2 heterocycles. The number of aromatic nitrogens is 2. The highest BCUT2D eigenvalue weighted by molar-refractivity contribution is 5.76. The molecule has 0 aromatic carbocycles. The third kappa shape index (κ3) is 2.59. The van der Waals surface area contributed by atoms with Gasteiger partial charge >= 0.3 is 5.76 Å². The zero-order chi connectivity index (χ0) is 14.9. The van der Waals surface area contributed by atoms with E-state index in [0.29, 0.717) is 6.54 Å². The van der Waals surface area contributed by atoms with Crippen molar-refractivity contribution in [2.75, 3.05) is 6.54 Å². The van der Waals surface area contributed by atoms with Crippen LogP contribution in [-0.4, -0.2) is 33.2 Å². The summed E-state index contributed by atoms with van der Waals surface area (Å²) in [6, 6.07) is 1.73. The minimum atomic E-state index is -0.652. The van der Waals surface area contributed by atoms with E-state index in [9.17, 15) is 14.9 Å². The van der Waals surface area contributed by atoms with Crippen LogP contribution >= 0.6 is 0 Å². The molecular formula is C13H18N4O3. The van der Waals surface area contributed by atoms with E-state index in [-0.39, 0.29) is 23.8 Å². The Labute approximate surface area is 116 Å². The maximum absolute atomic E-state index is 12.3. The van der Waals surface area contributed by atoms with E-state index in [2.05, 4.69) is 11.2 Å². The van der Waals surface area contributed by atoms with Gasteiger partial charge in [0.25, 0.3) is 0 Å². The lowest BCUT2D eigenvalue weighted by Crippen LogP contribution is -2.52. The Morgan fingerprint density at radius 1 is 1.60 bits per heavy atom. The fourth-order valence-corrected chi connectivity index (χ4v) is 2.63. The topological polar surface area (TPSA) is 92.1 Å². The number of rotatable bonds is 2. The first-order chi connectivity index (χ1) is 9.35. The van der Waals surface area contributed by atoms with Crippen LogP contribution in [0.3, 0.4) is 0 Å². The Balaban J connectivity index is 2.18. The molecule has 0 saturated carbocycles. The lowest BCUT2D eigenvalue weighted by molar-refractivity contribution is -0.137. The van der Waals surface area contributed by atoms with E-state index in [4.69, 9.17) is 4.42 Å². The highest BCUT2D eigenvalue weighted by Gasteiger charge is 2.40. The molecule has 1 atom stereocenters. The van der Waals surface area contributed by atoms with Gasteiger partial charge in [0.1, 0.15) is 12.6 Å². The standard InChI is InChI=1S/C13H18N4O3/c1-9-15-17(12(19)20-9)8-11(18)16-6-4-5-13(2,3)10(16)7-14/h10H,4-6,8H2,1-3H3. The molecule has 0 spiro atoms. The molecule has 20 heavy (non-hydrogen) atoms. The molecule has 1 aromatic rings. The summed E-state index contributed by atoms with van der Waals surface area (Å²) in [7, 11) is 0. The van der Waals surface area contributed by atoms with Crippen LogP contribution in [-0.2, 0) is 11.3 Å². The van der Waals surface area contributed by atoms with Gasteiger partial charge in [0.15, 0.2) is 0 Å². The summed E-state index contributed by atoms with van der Waals surface area (Å²) in [5.74, 6) is -0.709. The molecule has 1 aliphatic heterocycles. The number of likely N-dealkylation sites (tertiary alicyclic amines) is 1. The van der Waals surface area contributed by atoms with Crippen molar-refractivity contribution in [3.8, 4) is 6.07 Å². The van der Waals surface area contributed by atoms with Gasteiger partial charge in [-0.05, 0) is 18.3 Å². The number of aryl methyl sites for hydroxylation is 1. The van der Waals surface area contributed by atoms with Gasteiger partial charge in [-0.15, -0.1) is 5.10 Å². The third-order valence-electron chi connectivity index (χ3n) is 3.71. The van der Waals surface area contributed by atoms with Gasteiger partial charge in [0.2, 0.25) is 11.8 Å². The summed E-state index contributed by atoms with van der Waals surface area (Å²) in [6.07, 6.45) is 1.75. The highest BCUT2D eigenvalue weighted by Crippen LogP contribution is 2.34. The molecule has 7 heteroatoms. The smallest absolute Gasteiger partial charge is 0.393 e. The molecule has 1 amide bonds. The first kappa shape index (κ1) is 14.3. The summed E-state index contributed by atoms with van der Waals surface area (Å²) >= 11 is 0. The number of amides is 1. The number of carbonyl (C=O) groups is 1. The molecule has 7 nitrogen and oxygen atoms in total. The Morgan fingerprint density at radius 3 is 2.85 bits per heavy atom. The second-order valence-corrected chi connectivity index (χ2v) is 5.76. The Morgan fingerprint density at radius 2 is 2.30 bits per heavy atom. The molecule has 1 fully saturated rings. The average molecular weight is 278 g/mol. The fraction of sp³-hybridized carbons (Fsp3) is 0.692. The fourth-order valence-electron chi connectivity index (χ4n) is 2.63. The SMILES string of the molecule is Cc1nn(CC(=O)N2CCCC(C)(C)C2C#N)c(=O)o1. The first-order valence-electron chi connectivity index (χ1n) is 6.59. The lowest BCUT2D eigenvalue weighted by Gasteiger charge is -2.42. The van der Waals surface area contributed by atoms with Crippen LogP contribution in [0.1, 0.15) is 32.6 Å². The summed E-state index contributed by atoms with van der Waals surface area (Å²) in [6.45, 7) is 5.85. The third-order valence-corrected chi connectivity index (χ3v) is 3.71. The Kier molecular flexibility index (Phi) is 3.66. The number of hydrogen-bond acceptors (Lipinski definition) is 5. The monoisotopic (exact) mass is 278 g/mol. The highest BCUT2D eigenvalue weighted by atomic mass is 16.4. The second kappa shape index (κ2) is 5.12. The zero-order valence-corrected chi connectivity index (χ0v) is 11.9. The van der Waals surface area contributed by atoms with Crippen molar-refractivity contribution in [1.29, 1.82) is 5.26 Å². The van der Waals surface area contributed by atoms with E-state index in [1.165, 1.54) is 0 Å². The van der Waals surface area contributed by atoms with Gasteiger partial charge in [-0.25, -0.2) is 4.79 Å². The number of piperidine rings is 1. The number of carbonyl (C=O) groups excluding carboxylic acids is 1. The van der Waals surface area contributed by atoms with Crippen LogP contribution in [0.2, 0.25) is 0 Å². The molecule has 0 bridgehead atoms. The Bertz CT molecular complexity index is 608. The largest absolute Gasteiger partial charge is 0.437 e. The van der Waals surface area contributed by atoms with E-state index >= 15 is 0 Å². The predicted octanol–water partition coefficient (Wildman–Crippen LogP) is 0.685. The molecule has 2 rings (SSSR count). The van der Waals surface area contributed by atoms with Gasteiger partial charge in [-0.2, -0.15) is 9.94 Å². The van der Waals surface area contributed by atoms with Crippen LogP contribution in [0.5, 0.6) is 0 Å². The van der Waals surface area contributed by atoms with Gasteiger partial charge < -0.3 is 9.32 Å². The van der Waals surface area contributed by atoms with Gasteiger partial charge in [-0.3, -0.25) is 4.79 Å². The molecule has 1 aliphatic rings. The van der Waals surface area contributed by atoms with Crippen LogP contribution in [0, 0.1) is 23.7 Å². The summed E-state index contributed by atoms with van der Waals surface area (Å²) in [4.78, 5) is 25.3. The van der Waals surface area contributed by atoms with Crippen LogP contribution in [0.15, 0.2) is 9.21 Å². The number of nitrogens with zero attached hydrogens (tertiary/aromatic N) is 4. The van der Waals surface area contributed by atoms with Crippen LogP contribution < -0.4 is 5.76 Å². The van der Waals surface area contributed by atoms with E-state index in [1.807, 2.05) is 13.8 Å². The maximum atomic E-state index is 12.3. The molecule has 1 saturated heterocycles. The summed E-state index contributed by atoms with van der Waals surface area (Å²) < 4.78 is 5.75. The summed E-state index contributed by atoms with van der Waals surface area (Å²) in [5.41, 5.74) is -0.243. The molecular weight excluding hydrogens is 260 g/mol. The van der Waals surface area contributed by atoms with Crippen molar-refractivity contribution in [3.63, 3.8) is 0 Å². The number of nitriles is 1. The van der Waals surface area contributed by atoms with Crippen molar-refractivity contribution in [2.24, 2.45) is 5.41 Å². The maximum Gasteiger partial charge on any atom is 0.437 e. The van der Waals surface area contributed by atoms with Gasteiger partial charge in [0, 0.05) is 13.5 Å². The zero-order valence-electron chi connectivity index (χ0n) is 11.9. The normalized spacial score (nSPS) is 21.5. The predicted molar refractivity (Wildman–Crippen MR) is 69.6 cm³/mol. The molecule has 1 aromatic heterocycles. The minimum absolute atomic E-state index is 0.190. The van der Waals surface area contributed by atoms with Gasteiger partial charge in [0.05, 0.1) is 6.07 Å². The minimum Gasteiger partial charge on any atom is -0.393 e. The van der Waals surface area contributed by atoms with Crippen molar-refractivity contribution in [1.82, 2.24) is 14.7 Å². The van der Waals surface area contributed by atoms with Crippen LogP contribution in [0.4, 0.5) is 0 Å². The Hall–Kier alpha value is -2.10. The number of hydrogen-bond donors (Lipinski definition) is 0. The van der Waals surface area contributed by atoms with E-state index in [1.54, 1.807) is 11.8 Å². The van der Waals surface area contributed by atoms with Crippen LogP contribution in [0.25, 0.3) is 0 Å². The van der Waals surface area contributed by atoms with E-state index in [0.717, 1.165) is 17.5 Å². The first-order valence-corrected chi connectivity index (χ1v) is 6.59. The molecule has 0 aliphatic carbocycles. The second-order valence-electron chi connectivity index (χ2n) is 5.76.